The minimum absolute atomic E-state index is 0.959. The average molecular weight is 192 g/mol. The number of aliphatic imine (C=N–C) groups is 1. The summed E-state index contributed by atoms with van der Waals surface area (Å²) in [5.41, 5.74) is 3.32. The molecule has 14 heavy (non-hydrogen) atoms. The van der Waals surface area contributed by atoms with Gasteiger partial charge in [0.25, 0.3) is 0 Å². The summed E-state index contributed by atoms with van der Waals surface area (Å²) in [5.74, 6) is 1.10. The van der Waals surface area contributed by atoms with Crippen molar-refractivity contribution >= 4 is 11.5 Å². The van der Waals surface area contributed by atoms with Crippen LogP contribution in [0.2, 0.25) is 0 Å². The predicted molar refractivity (Wildman–Crippen MR) is 57.8 cm³/mol. The molecule has 0 fully saturated rings. The first-order valence-corrected chi connectivity index (χ1v) is 4.99. The van der Waals surface area contributed by atoms with Gasteiger partial charge in [-0.05, 0) is 20.3 Å². The molecule has 0 spiro atoms. The van der Waals surface area contributed by atoms with Gasteiger partial charge >= 0.3 is 0 Å². The van der Waals surface area contributed by atoms with Crippen molar-refractivity contribution in [2.45, 2.75) is 26.7 Å². The fourth-order valence-electron chi connectivity index (χ4n) is 1.74. The molecule has 0 atom stereocenters. The first kappa shape index (κ1) is 9.24. The van der Waals surface area contributed by atoms with Crippen molar-refractivity contribution < 1.29 is 0 Å². The van der Waals surface area contributed by atoms with E-state index in [1.165, 1.54) is 6.42 Å². The van der Waals surface area contributed by atoms with Crippen LogP contribution in [0.1, 0.15) is 24.2 Å². The lowest BCUT2D eigenvalue weighted by atomic mass is 10.3. The number of aromatic nitrogens is 2. The van der Waals surface area contributed by atoms with Gasteiger partial charge in [0.2, 0.25) is 0 Å². The van der Waals surface area contributed by atoms with Crippen LogP contribution in [0, 0.1) is 13.8 Å². The van der Waals surface area contributed by atoms with E-state index in [9.17, 15) is 0 Å². The van der Waals surface area contributed by atoms with Crippen molar-refractivity contribution in [3.63, 3.8) is 0 Å². The van der Waals surface area contributed by atoms with Crippen LogP contribution in [0.15, 0.2) is 4.99 Å². The predicted octanol–water partition coefficient (Wildman–Crippen LogP) is 1.64. The number of rotatable bonds is 1. The summed E-state index contributed by atoms with van der Waals surface area (Å²) < 4.78 is 1.90. The van der Waals surface area contributed by atoms with E-state index in [0.29, 0.717) is 0 Å². The summed E-state index contributed by atoms with van der Waals surface area (Å²) in [6.07, 6.45) is 2.23. The number of nitrogens with one attached hydrogen (secondary N) is 1. The molecular weight excluding hydrogens is 176 g/mol. The summed E-state index contributed by atoms with van der Waals surface area (Å²) in [5, 5.41) is 7.72. The zero-order valence-electron chi connectivity index (χ0n) is 8.96. The van der Waals surface area contributed by atoms with Gasteiger partial charge in [0, 0.05) is 20.0 Å². The standard InChI is InChI=1S/C10H16N4/c1-7-10(8(2)14(3)13-7)12-9-5-4-6-11-9/h4-6H2,1-3H3,(H,11,12). The number of nitrogens with zero attached hydrogens (tertiary/aromatic N) is 3. The lowest BCUT2D eigenvalue weighted by Crippen LogP contribution is -2.09. The van der Waals surface area contributed by atoms with Crippen LogP contribution in [0.4, 0.5) is 5.69 Å². The van der Waals surface area contributed by atoms with Gasteiger partial charge in [-0.2, -0.15) is 5.10 Å². The van der Waals surface area contributed by atoms with Crippen LogP contribution in [0.3, 0.4) is 0 Å². The fraction of sp³-hybridized carbons (Fsp3) is 0.600. The number of amidine groups is 1. The Balaban J connectivity index is 2.23. The Morgan fingerprint density at radius 1 is 1.36 bits per heavy atom. The maximum Gasteiger partial charge on any atom is 0.101 e. The molecule has 1 aromatic heterocycles. The van der Waals surface area contributed by atoms with Crippen molar-refractivity contribution in [2.75, 3.05) is 11.9 Å². The largest absolute Gasteiger partial charge is 0.341 e. The van der Waals surface area contributed by atoms with Gasteiger partial charge in [0.1, 0.15) is 5.84 Å². The summed E-state index contributed by atoms with van der Waals surface area (Å²) >= 11 is 0. The molecule has 2 heterocycles. The Morgan fingerprint density at radius 2 is 2.14 bits per heavy atom. The summed E-state index contributed by atoms with van der Waals surface area (Å²) in [4.78, 5) is 4.39. The lowest BCUT2D eigenvalue weighted by molar-refractivity contribution is 0.731. The third-order valence-corrected chi connectivity index (χ3v) is 2.65. The Hall–Kier alpha value is -1.32. The normalized spacial score (nSPS) is 15.8. The quantitative estimate of drug-likeness (QED) is 0.735. The Bertz CT molecular complexity index is 376. The molecule has 0 radical (unpaired) electrons. The van der Waals surface area contributed by atoms with Crippen molar-refractivity contribution in [2.24, 2.45) is 12.0 Å². The highest BCUT2D eigenvalue weighted by molar-refractivity contribution is 5.97. The van der Waals surface area contributed by atoms with Crippen molar-refractivity contribution in [1.29, 1.82) is 0 Å². The second-order valence-electron chi connectivity index (χ2n) is 3.73. The highest BCUT2D eigenvalue weighted by atomic mass is 15.3. The molecule has 0 bridgehead atoms. The van der Waals surface area contributed by atoms with Gasteiger partial charge in [-0.1, -0.05) is 0 Å². The summed E-state index contributed by atoms with van der Waals surface area (Å²) in [7, 11) is 1.96. The smallest absolute Gasteiger partial charge is 0.101 e. The minimum atomic E-state index is 0.959. The van der Waals surface area contributed by atoms with Crippen molar-refractivity contribution in [3.05, 3.63) is 11.4 Å². The van der Waals surface area contributed by atoms with Gasteiger partial charge in [-0.15, -0.1) is 0 Å². The molecule has 0 unspecified atom stereocenters. The number of anilines is 1. The van der Waals surface area contributed by atoms with E-state index in [4.69, 9.17) is 0 Å². The molecule has 4 heteroatoms. The fourth-order valence-corrected chi connectivity index (χ4v) is 1.74. The van der Waals surface area contributed by atoms with Crippen LogP contribution in [0.5, 0.6) is 0 Å². The van der Waals surface area contributed by atoms with E-state index in [0.717, 1.165) is 35.9 Å². The summed E-state index contributed by atoms with van der Waals surface area (Å²) in [6.45, 7) is 5.05. The molecule has 1 aromatic rings. The Labute approximate surface area is 84.0 Å². The molecule has 0 amide bonds. The number of aryl methyl sites for hydroxylation is 2. The molecule has 0 aromatic carbocycles. The second kappa shape index (κ2) is 3.44. The van der Waals surface area contributed by atoms with Crippen LogP contribution >= 0.6 is 0 Å². The molecular formula is C10H16N4. The maximum absolute atomic E-state index is 4.39. The topological polar surface area (TPSA) is 42.2 Å². The highest BCUT2D eigenvalue weighted by Crippen LogP contribution is 2.19. The molecule has 0 aliphatic carbocycles. The maximum atomic E-state index is 4.39. The Kier molecular flexibility index (Phi) is 2.27. The molecule has 1 aliphatic rings. The highest BCUT2D eigenvalue weighted by Gasteiger charge is 2.12. The average Bonchev–Trinajstić information content (AvgIpc) is 2.71. The summed E-state index contributed by atoms with van der Waals surface area (Å²) in [6, 6.07) is 0. The monoisotopic (exact) mass is 192 g/mol. The first-order chi connectivity index (χ1) is 6.68. The van der Waals surface area contributed by atoms with Gasteiger partial charge in [0.05, 0.1) is 17.1 Å². The molecule has 4 nitrogen and oxygen atoms in total. The third-order valence-electron chi connectivity index (χ3n) is 2.65. The number of hydrogen-bond acceptors (Lipinski definition) is 3. The van der Waals surface area contributed by atoms with Crippen molar-refractivity contribution in [3.8, 4) is 0 Å². The van der Waals surface area contributed by atoms with Gasteiger partial charge in [-0.25, -0.2) is 0 Å². The van der Waals surface area contributed by atoms with Gasteiger partial charge in [0.15, 0.2) is 0 Å². The van der Waals surface area contributed by atoms with Crippen LogP contribution in [0.25, 0.3) is 0 Å². The lowest BCUT2D eigenvalue weighted by Gasteiger charge is -2.05. The first-order valence-electron chi connectivity index (χ1n) is 4.99. The van der Waals surface area contributed by atoms with E-state index in [2.05, 4.69) is 22.3 Å². The number of hydrogen-bond donors (Lipinski definition) is 1. The van der Waals surface area contributed by atoms with Crippen LogP contribution < -0.4 is 5.32 Å². The Morgan fingerprint density at radius 3 is 2.64 bits per heavy atom. The molecule has 1 aliphatic heterocycles. The zero-order valence-corrected chi connectivity index (χ0v) is 8.96. The van der Waals surface area contributed by atoms with E-state index < -0.39 is 0 Å². The van der Waals surface area contributed by atoms with Crippen LogP contribution in [-0.4, -0.2) is 22.2 Å². The SMILES string of the molecule is Cc1nn(C)c(C)c1NC1=NCCC1. The van der Waals surface area contributed by atoms with Crippen molar-refractivity contribution in [1.82, 2.24) is 9.78 Å². The van der Waals surface area contributed by atoms with Gasteiger partial charge in [-0.3, -0.25) is 9.67 Å². The molecule has 0 saturated heterocycles. The second-order valence-corrected chi connectivity index (χ2v) is 3.73. The molecule has 1 N–H and O–H groups in total. The van der Waals surface area contributed by atoms with E-state index >= 15 is 0 Å². The van der Waals surface area contributed by atoms with E-state index in [-0.39, 0.29) is 0 Å². The minimum Gasteiger partial charge on any atom is -0.341 e. The van der Waals surface area contributed by atoms with Gasteiger partial charge < -0.3 is 5.32 Å². The molecule has 0 saturated carbocycles. The van der Waals surface area contributed by atoms with E-state index in [1.54, 1.807) is 0 Å². The molecule has 2 rings (SSSR count). The van der Waals surface area contributed by atoms with E-state index in [1.807, 2.05) is 18.7 Å². The third kappa shape index (κ3) is 1.52. The molecule has 76 valence electrons. The zero-order chi connectivity index (χ0) is 10.1. The van der Waals surface area contributed by atoms with Crippen LogP contribution in [-0.2, 0) is 7.05 Å².